The molecule has 0 atom stereocenters. The minimum atomic E-state index is -0.453. The molecule has 0 N–H and O–H groups in total. The van der Waals surface area contributed by atoms with Gasteiger partial charge in [-0.2, -0.15) is 0 Å². The molecule has 0 heterocycles. The average molecular weight is 290 g/mol. The summed E-state index contributed by atoms with van der Waals surface area (Å²) in [6, 6.07) is 7.69. The van der Waals surface area contributed by atoms with Crippen LogP contribution in [-0.4, -0.2) is 18.7 Å². The molecule has 3 nitrogen and oxygen atoms in total. The Morgan fingerprint density at radius 1 is 1.14 bits per heavy atom. The summed E-state index contributed by atoms with van der Waals surface area (Å²) < 4.78 is 10.2. The molecule has 0 bridgehead atoms. The molecule has 1 aromatic rings. The first-order valence-corrected chi connectivity index (χ1v) is 7.42. The summed E-state index contributed by atoms with van der Waals surface area (Å²) in [7, 11) is 1.66. The summed E-state index contributed by atoms with van der Waals surface area (Å²) in [5.74, 6) is -0.265. The van der Waals surface area contributed by atoms with E-state index in [2.05, 4.69) is 0 Å². The number of carbonyl (C=O) groups excluding carboxylic acids is 1. The Bertz CT molecular complexity index is 452. The van der Waals surface area contributed by atoms with Crippen molar-refractivity contribution in [3.63, 3.8) is 0 Å². The maximum atomic E-state index is 11.9. The van der Waals surface area contributed by atoms with Gasteiger partial charge in [-0.15, -0.1) is 0 Å². The number of methoxy groups -OCH3 is 1. The van der Waals surface area contributed by atoms with Crippen LogP contribution in [0.25, 0.3) is 0 Å². The van der Waals surface area contributed by atoms with E-state index in [-0.39, 0.29) is 5.97 Å². The van der Waals surface area contributed by atoms with E-state index in [4.69, 9.17) is 9.47 Å². The first-order valence-electron chi connectivity index (χ1n) is 7.42. The summed E-state index contributed by atoms with van der Waals surface area (Å²) in [6.07, 6.45) is 8.06. The van der Waals surface area contributed by atoms with Crippen molar-refractivity contribution in [3.8, 4) is 0 Å². The van der Waals surface area contributed by atoms with Gasteiger partial charge in [0.05, 0.1) is 18.9 Å². The zero-order valence-electron chi connectivity index (χ0n) is 13.5. The highest BCUT2D eigenvalue weighted by atomic mass is 16.6. The van der Waals surface area contributed by atoms with Crippen LogP contribution in [0, 0.1) is 0 Å². The fourth-order valence-electron chi connectivity index (χ4n) is 1.90. The lowest BCUT2D eigenvalue weighted by atomic mass is 10.0. The number of benzene rings is 1. The normalized spacial score (nSPS) is 11.6. The van der Waals surface area contributed by atoms with E-state index in [0.29, 0.717) is 5.56 Å². The summed E-state index contributed by atoms with van der Waals surface area (Å²) in [6.45, 7) is 5.62. The van der Waals surface area contributed by atoms with Gasteiger partial charge < -0.3 is 9.47 Å². The predicted octanol–water partition coefficient (Wildman–Crippen LogP) is 4.51. The molecular weight excluding hydrogens is 264 g/mol. The van der Waals surface area contributed by atoms with Crippen molar-refractivity contribution in [2.45, 2.75) is 52.1 Å². The number of allylic oxidation sites excluding steroid dienone is 1. The first kappa shape index (κ1) is 17.3. The second kappa shape index (κ2) is 8.50. The van der Waals surface area contributed by atoms with Crippen LogP contribution >= 0.6 is 0 Å². The van der Waals surface area contributed by atoms with Crippen LogP contribution in [0.2, 0.25) is 0 Å². The zero-order chi connectivity index (χ0) is 15.7. The lowest BCUT2D eigenvalue weighted by molar-refractivity contribution is 0.00695. The van der Waals surface area contributed by atoms with Gasteiger partial charge in [0.1, 0.15) is 5.60 Å². The molecule has 0 aliphatic heterocycles. The topological polar surface area (TPSA) is 35.5 Å². The third-order valence-electron chi connectivity index (χ3n) is 2.91. The summed E-state index contributed by atoms with van der Waals surface area (Å²) >= 11 is 0. The van der Waals surface area contributed by atoms with Crippen LogP contribution in [-0.2, 0) is 15.9 Å². The van der Waals surface area contributed by atoms with Crippen molar-refractivity contribution < 1.29 is 14.3 Å². The van der Waals surface area contributed by atoms with Gasteiger partial charge in [0.2, 0.25) is 0 Å². The minimum absolute atomic E-state index is 0.265. The maximum Gasteiger partial charge on any atom is 0.338 e. The van der Waals surface area contributed by atoms with Gasteiger partial charge in [0.25, 0.3) is 0 Å². The smallest absolute Gasteiger partial charge is 0.338 e. The molecule has 21 heavy (non-hydrogen) atoms. The van der Waals surface area contributed by atoms with Crippen molar-refractivity contribution in [1.29, 1.82) is 0 Å². The second-order valence-corrected chi connectivity index (χ2v) is 6.05. The highest BCUT2D eigenvalue weighted by Gasteiger charge is 2.17. The average Bonchev–Trinajstić information content (AvgIpc) is 2.41. The van der Waals surface area contributed by atoms with Crippen molar-refractivity contribution >= 4 is 5.97 Å². The van der Waals surface area contributed by atoms with Gasteiger partial charge in [-0.25, -0.2) is 4.79 Å². The molecule has 0 spiro atoms. The second-order valence-electron chi connectivity index (χ2n) is 6.05. The quantitative estimate of drug-likeness (QED) is 0.421. The molecule has 0 unspecified atom stereocenters. The Morgan fingerprint density at radius 3 is 2.38 bits per heavy atom. The van der Waals surface area contributed by atoms with Gasteiger partial charge in [-0.3, -0.25) is 0 Å². The third-order valence-corrected chi connectivity index (χ3v) is 2.91. The van der Waals surface area contributed by atoms with Gasteiger partial charge in [0, 0.05) is 0 Å². The molecule has 0 saturated heterocycles. The zero-order valence-corrected chi connectivity index (χ0v) is 13.5. The van der Waals surface area contributed by atoms with E-state index < -0.39 is 5.60 Å². The van der Waals surface area contributed by atoms with Crippen molar-refractivity contribution in [2.75, 3.05) is 7.11 Å². The van der Waals surface area contributed by atoms with Gasteiger partial charge >= 0.3 is 5.97 Å². The molecular formula is C18H26O3. The largest absolute Gasteiger partial charge is 0.505 e. The Balaban J connectivity index is 2.40. The number of esters is 1. The molecule has 0 radical (unpaired) electrons. The van der Waals surface area contributed by atoms with E-state index >= 15 is 0 Å². The highest BCUT2D eigenvalue weighted by molar-refractivity contribution is 5.89. The van der Waals surface area contributed by atoms with E-state index in [0.717, 1.165) is 25.7 Å². The first-order chi connectivity index (χ1) is 9.92. The van der Waals surface area contributed by atoms with E-state index in [9.17, 15) is 4.79 Å². The van der Waals surface area contributed by atoms with Crippen molar-refractivity contribution in [2.24, 2.45) is 0 Å². The third kappa shape index (κ3) is 7.54. The Kier molecular flexibility index (Phi) is 7.00. The number of aryl methyl sites for hydroxylation is 1. The maximum absolute atomic E-state index is 11.9. The summed E-state index contributed by atoms with van der Waals surface area (Å²) in [5, 5.41) is 0. The number of hydrogen-bond donors (Lipinski definition) is 0. The fourth-order valence-corrected chi connectivity index (χ4v) is 1.90. The van der Waals surface area contributed by atoms with Crippen LogP contribution < -0.4 is 0 Å². The van der Waals surface area contributed by atoms with Crippen molar-refractivity contribution in [1.82, 2.24) is 0 Å². The summed E-state index contributed by atoms with van der Waals surface area (Å²) in [4.78, 5) is 11.9. The van der Waals surface area contributed by atoms with Crippen molar-refractivity contribution in [3.05, 3.63) is 47.7 Å². The number of carbonyl (C=O) groups is 1. The van der Waals surface area contributed by atoms with E-state index in [1.807, 2.05) is 51.1 Å². The van der Waals surface area contributed by atoms with Crippen LogP contribution in [0.15, 0.2) is 36.6 Å². The molecule has 0 fully saturated rings. The molecule has 3 heteroatoms. The molecule has 0 amide bonds. The van der Waals surface area contributed by atoms with E-state index in [1.54, 1.807) is 13.4 Å². The molecule has 0 aliphatic rings. The Hall–Kier alpha value is -1.77. The Morgan fingerprint density at radius 2 is 1.81 bits per heavy atom. The molecule has 1 rings (SSSR count). The molecule has 0 aliphatic carbocycles. The standard InChI is InChI=1S/C18H26O3/c1-18(2,3)21-17(19)16-12-10-15(11-13-16)9-7-5-6-8-14-20-4/h8,10-14H,5-7,9H2,1-4H3/b14-8+. The molecule has 1 aromatic carbocycles. The fraction of sp³-hybridized carbons (Fsp3) is 0.500. The lowest BCUT2D eigenvalue weighted by Gasteiger charge is -2.19. The number of hydrogen-bond acceptors (Lipinski definition) is 3. The van der Waals surface area contributed by atoms with Crippen LogP contribution in [0.5, 0.6) is 0 Å². The Labute approximate surface area is 128 Å². The molecule has 0 saturated carbocycles. The lowest BCUT2D eigenvalue weighted by Crippen LogP contribution is -2.23. The van der Waals surface area contributed by atoms with Crippen LogP contribution in [0.1, 0.15) is 56.0 Å². The number of ether oxygens (including phenoxy) is 2. The number of unbranched alkanes of at least 4 members (excludes halogenated alkanes) is 2. The van der Waals surface area contributed by atoms with Crippen LogP contribution in [0.3, 0.4) is 0 Å². The predicted molar refractivity (Wildman–Crippen MR) is 85.3 cm³/mol. The van der Waals surface area contributed by atoms with Gasteiger partial charge in [-0.05, 0) is 70.2 Å². The minimum Gasteiger partial charge on any atom is -0.505 e. The SMILES string of the molecule is CO/C=C/CCCCc1ccc(C(=O)OC(C)(C)C)cc1. The summed E-state index contributed by atoms with van der Waals surface area (Å²) in [5.41, 5.74) is 1.40. The molecule has 116 valence electrons. The van der Waals surface area contributed by atoms with Crippen LogP contribution in [0.4, 0.5) is 0 Å². The van der Waals surface area contributed by atoms with E-state index in [1.165, 1.54) is 5.56 Å². The molecule has 0 aromatic heterocycles. The monoisotopic (exact) mass is 290 g/mol. The number of rotatable bonds is 7. The van der Waals surface area contributed by atoms with Gasteiger partial charge in [-0.1, -0.05) is 12.1 Å². The van der Waals surface area contributed by atoms with Gasteiger partial charge in [0.15, 0.2) is 0 Å². The highest BCUT2D eigenvalue weighted by Crippen LogP contribution is 2.14.